The van der Waals surface area contributed by atoms with E-state index in [0.717, 1.165) is 5.56 Å². The number of hydrogen-bond donors (Lipinski definition) is 0. The molecule has 1 aliphatic rings. The molecule has 4 nitrogen and oxygen atoms in total. The third kappa shape index (κ3) is 3.66. The summed E-state index contributed by atoms with van der Waals surface area (Å²) in [6.45, 7) is 0. The average molecular weight is 343 g/mol. The van der Waals surface area contributed by atoms with Gasteiger partial charge in [0.05, 0.1) is 5.56 Å². The highest BCUT2D eigenvalue weighted by Gasteiger charge is 2.27. The number of ether oxygens (including phenoxy) is 2. The fourth-order valence-electron chi connectivity index (χ4n) is 2.32. The van der Waals surface area contributed by atoms with Crippen LogP contribution >= 0.6 is 11.6 Å². The lowest BCUT2D eigenvalue weighted by Gasteiger charge is -2.05. The second-order valence-electron chi connectivity index (χ2n) is 5.28. The van der Waals surface area contributed by atoms with Gasteiger partial charge in [-0.05, 0) is 30.2 Å². The van der Waals surface area contributed by atoms with Crippen molar-refractivity contribution in [3.05, 3.63) is 65.4 Å². The molecule has 1 aliphatic heterocycles. The summed E-state index contributed by atoms with van der Waals surface area (Å²) in [5, 5.41) is 0. The lowest BCUT2D eigenvalue weighted by molar-refractivity contribution is -0.134. The Balaban J connectivity index is 1.77. The maximum absolute atomic E-state index is 12.4. The van der Waals surface area contributed by atoms with E-state index in [1.54, 1.807) is 24.3 Å². The van der Waals surface area contributed by atoms with Crippen LogP contribution in [0.4, 0.5) is 0 Å². The summed E-state index contributed by atoms with van der Waals surface area (Å²) in [6.07, 6.45) is 2.50. The molecular formula is C19H15ClO4. The number of hydrogen-bond acceptors (Lipinski definition) is 4. The van der Waals surface area contributed by atoms with E-state index >= 15 is 0 Å². The van der Waals surface area contributed by atoms with Crippen LogP contribution in [-0.4, -0.2) is 17.6 Å². The average Bonchev–Trinajstić information content (AvgIpc) is 2.89. The Bertz CT molecular complexity index is 796. The highest BCUT2D eigenvalue weighted by Crippen LogP contribution is 2.35. The fraction of sp³-hybridized carbons (Fsp3) is 0.158. The number of esters is 1. The van der Waals surface area contributed by atoms with Crippen LogP contribution in [0.1, 0.15) is 28.8 Å². The Morgan fingerprint density at radius 2 is 1.96 bits per heavy atom. The van der Waals surface area contributed by atoms with Crippen LogP contribution in [0.15, 0.2) is 54.3 Å². The van der Waals surface area contributed by atoms with Crippen LogP contribution in [0.2, 0.25) is 0 Å². The minimum atomic E-state index is -0.361. The molecule has 0 saturated carbocycles. The second kappa shape index (κ2) is 7.32. The highest BCUT2D eigenvalue weighted by atomic mass is 35.5. The Morgan fingerprint density at radius 1 is 1.17 bits per heavy atom. The van der Waals surface area contributed by atoms with Crippen LogP contribution in [0.25, 0.3) is 6.08 Å². The quantitative estimate of drug-likeness (QED) is 0.353. The summed E-state index contributed by atoms with van der Waals surface area (Å²) in [5.41, 5.74) is 1.33. The maximum atomic E-state index is 12.4. The van der Waals surface area contributed by atoms with Crippen LogP contribution in [0, 0.1) is 0 Å². The van der Waals surface area contributed by atoms with Crippen LogP contribution in [0.3, 0.4) is 0 Å². The monoisotopic (exact) mass is 342 g/mol. The molecule has 0 saturated heterocycles. The number of allylic oxidation sites excluding steroid dienone is 1. The van der Waals surface area contributed by atoms with E-state index in [1.807, 2.05) is 30.3 Å². The normalized spacial score (nSPS) is 14.4. The zero-order valence-corrected chi connectivity index (χ0v) is 13.6. The molecule has 0 atom stereocenters. The molecular weight excluding hydrogens is 328 g/mol. The molecule has 0 fully saturated rings. The Hall–Kier alpha value is -2.59. The summed E-state index contributed by atoms with van der Waals surface area (Å²) in [5.74, 6) is 0.854. The molecule has 122 valence electrons. The first-order chi connectivity index (χ1) is 11.7. The molecule has 3 rings (SSSR count). The molecule has 1 heterocycles. The standard InChI is InChI=1S/C19H15ClO4/c20-10-4-7-18(21)23-14-8-9-15-16(12-14)24-17(19(15)22)11-13-5-2-1-3-6-13/h1-3,5-6,8-9,11-12H,4,7,10H2. The van der Waals surface area contributed by atoms with Crippen LogP contribution in [0.5, 0.6) is 11.5 Å². The highest BCUT2D eigenvalue weighted by molar-refractivity contribution is 6.18. The lowest BCUT2D eigenvalue weighted by atomic mass is 10.1. The molecule has 0 N–H and O–H groups in total. The molecule has 0 radical (unpaired) electrons. The maximum Gasteiger partial charge on any atom is 0.311 e. The van der Waals surface area contributed by atoms with Gasteiger partial charge in [0.1, 0.15) is 11.5 Å². The number of rotatable bonds is 5. The molecule has 0 bridgehead atoms. The van der Waals surface area contributed by atoms with Crippen molar-refractivity contribution in [1.82, 2.24) is 0 Å². The van der Waals surface area contributed by atoms with Crippen molar-refractivity contribution in [1.29, 1.82) is 0 Å². The summed E-state index contributed by atoms with van der Waals surface area (Å²) in [6, 6.07) is 14.2. The minimum absolute atomic E-state index is 0.186. The van der Waals surface area contributed by atoms with Gasteiger partial charge in [0.15, 0.2) is 5.76 Å². The van der Waals surface area contributed by atoms with Crippen molar-refractivity contribution in [3.63, 3.8) is 0 Å². The van der Waals surface area contributed by atoms with Crippen molar-refractivity contribution < 1.29 is 19.1 Å². The fourth-order valence-corrected chi connectivity index (χ4v) is 2.46. The van der Waals surface area contributed by atoms with Crippen molar-refractivity contribution >= 4 is 29.4 Å². The molecule has 0 unspecified atom stereocenters. The number of halogens is 1. The zero-order valence-electron chi connectivity index (χ0n) is 12.8. The number of Topliss-reactive ketones (excluding diaryl/α,β-unsaturated/α-hetero) is 1. The summed E-state index contributed by atoms with van der Waals surface area (Å²) in [4.78, 5) is 24.0. The van der Waals surface area contributed by atoms with Gasteiger partial charge in [-0.1, -0.05) is 30.3 Å². The van der Waals surface area contributed by atoms with E-state index < -0.39 is 0 Å². The first-order valence-electron chi connectivity index (χ1n) is 7.57. The SMILES string of the molecule is O=C(CCCCl)Oc1ccc2c(c1)OC(=Cc1ccccc1)C2=O. The molecule has 0 aliphatic carbocycles. The zero-order chi connectivity index (χ0) is 16.9. The molecule has 5 heteroatoms. The molecule has 0 aromatic heterocycles. The van der Waals surface area contributed by atoms with Crippen molar-refractivity contribution in [2.75, 3.05) is 5.88 Å². The number of benzene rings is 2. The van der Waals surface area contributed by atoms with Gasteiger partial charge in [-0.25, -0.2) is 0 Å². The topological polar surface area (TPSA) is 52.6 Å². The van der Waals surface area contributed by atoms with E-state index in [2.05, 4.69) is 0 Å². The van der Waals surface area contributed by atoms with E-state index in [0.29, 0.717) is 29.4 Å². The minimum Gasteiger partial charge on any atom is -0.452 e. The summed E-state index contributed by atoms with van der Waals surface area (Å²) >= 11 is 5.55. The first kappa shape index (κ1) is 16.3. The number of carbonyl (C=O) groups excluding carboxylic acids is 2. The Kier molecular flexibility index (Phi) is 4.96. The molecule has 2 aromatic rings. The third-order valence-electron chi connectivity index (χ3n) is 3.48. The van der Waals surface area contributed by atoms with Gasteiger partial charge in [0, 0.05) is 18.4 Å². The van der Waals surface area contributed by atoms with Crippen LogP contribution < -0.4 is 9.47 Å². The third-order valence-corrected chi connectivity index (χ3v) is 3.75. The van der Waals surface area contributed by atoms with Gasteiger partial charge in [-0.2, -0.15) is 0 Å². The molecule has 24 heavy (non-hydrogen) atoms. The van der Waals surface area contributed by atoms with E-state index in [-0.39, 0.29) is 23.9 Å². The van der Waals surface area contributed by atoms with Gasteiger partial charge < -0.3 is 9.47 Å². The number of ketones is 1. The van der Waals surface area contributed by atoms with Crippen LogP contribution in [-0.2, 0) is 4.79 Å². The molecule has 0 spiro atoms. The number of fused-ring (bicyclic) bond motifs is 1. The van der Waals surface area contributed by atoms with E-state index in [4.69, 9.17) is 21.1 Å². The van der Waals surface area contributed by atoms with Gasteiger partial charge in [0.25, 0.3) is 0 Å². The van der Waals surface area contributed by atoms with Gasteiger partial charge in [-0.3, -0.25) is 9.59 Å². The Labute approximate surface area is 144 Å². The Morgan fingerprint density at radius 3 is 2.71 bits per heavy atom. The van der Waals surface area contributed by atoms with Crippen molar-refractivity contribution in [2.24, 2.45) is 0 Å². The second-order valence-corrected chi connectivity index (χ2v) is 5.65. The van der Waals surface area contributed by atoms with E-state index in [9.17, 15) is 9.59 Å². The molecule has 2 aromatic carbocycles. The van der Waals surface area contributed by atoms with Gasteiger partial charge in [0.2, 0.25) is 5.78 Å². The lowest BCUT2D eigenvalue weighted by Crippen LogP contribution is -2.07. The number of carbonyl (C=O) groups is 2. The van der Waals surface area contributed by atoms with E-state index in [1.165, 1.54) is 0 Å². The largest absolute Gasteiger partial charge is 0.452 e. The summed E-state index contributed by atoms with van der Waals surface area (Å²) < 4.78 is 10.8. The van der Waals surface area contributed by atoms with Gasteiger partial charge >= 0.3 is 5.97 Å². The van der Waals surface area contributed by atoms with Gasteiger partial charge in [-0.15, -0.1) is 11.6 Å². The summed E-state index contributed by atoms with van der Waals surface area (Å²) in [7, 11) is 0. The predicted molar refractivity (Wildman–Crippen MR) is 91.4 cm³/mol. The van der Waals surface area contributed by atoms with Crippen molar-refractivity contribution in [3.8, 4) is 11.5 Å². The van der Waals surface area contributed by atoms with Crippen molar-refractivity contribution in [2.45, 2.75) is 12.8 Å². The smallest absolute Gasteiger partial charge is 0.311 e. The first-order valence-corrected chi connectivity index (χ1v) is 8.11. The predicted octanol–water partition coefficient (Wildman–Crippen LogP) is 4.23. The molecule has 0 amide bonds. The number of alkyl halides is 1.